The number of hydrogen-bond donors (Lipinski definition) is 0. The van der Waals surface area contributed by atoms with Gasteiger partial charge in [-0.3, -0.25) is 4.79 Å². The summed E-state index contributed by atoms with van der Waals surface area (Å²) in [6.45, 7) is 4.18. The van der Waals surface area contributed by atoms with Gasteiger partial charge in [-0.05, 0) is 78.8 Å². The topological polar surface area (TPSA) is 17.1 Å². The van der Waals surface area contributed by atoms with Gasteiger partial charge in [0.25, 0.3) is 0 Å². The Morgan fingerprint density at radius 2 is 1.35 bits per heavy atom. The normalized spacial score (nSPS) is 14.3. The van der Waals surface area contributed by atoms with Gasteiger partial charge in [0.2, 0.25) is 0 Å². The van der Waals surface area contributed by atoms with Crippen LogP contribution in [0, 0.1) is 13.8 Å². The van der Waals surface area contributed by atoms with E-state index >= 15 is 0 Å². The van der Waals surface area contributed by atoms with E-state index in [1.165, 1.54) is 24.0 Å². The Morgan fingerprint density at radius 1 is 0.808 bits per heavy atom. The Balaban J connectivity index is 2.10. The van der Waals surface area contributed by atoms with Gasteiger partial charge in [0.15, 0.2) is 5.78 Å². The van der Waals surface area contributed by atoms with E-state index in [1.54, 1.807) is 0 Å². The van der Waals surface area contributed by atoms with E-state index in [0.717, 1.165) is 45.1 Å². The first-order chi connectivity index (χ1) is 12.6. The molecular formula is C24H25IO. The first-order valence-electron chi connectivity index (χ1n) is 9.34. The van der Waals surface area contributed by atoms with Crippen LogP contribution in [0.15, 0.2) is 63.8 Å². The van der Waals surface area contributed by atoms with Crippen molar-refractivity contribution in [1.82, 2.24) is 0 Å². The minimum atomic E-state index is 0.198. The van der Waals surface area contributed by atoms with Crippen molar-refractivity contribution < 1.29 is 4.79 Å². The molecule has 0 N–H and O–H groups in total. The highest BCUT2D eigenvalue weighted by atomic mass is 127. The number of ketones is 1. The van der Waals surface area contributed by atoms with Crippen LogP contribution in [-0.4, -0.2) is 5.78 Å². The molecule has 2 aromatic rings. The average molecular weight is 456 g/mol. The molecule has 0 aliphatic heterocycles. The van der Waals surface area contributed by atoms with E-state index in [4.69, 9.17) is 0 Å². The summed E-state index contributed by atoms with van der Waals surface area (Å²) in [5.74, 6) is 0.198. The predicted octanol–water partition coefficient (Wildman–Crippen LogP) is 6.96. The van der Waals surface area contributed by atoms with Crippen molar-refractivity contribution in [3.63, 3.8) is 0 Å². The highest BCUT2D eigenvalue weighted by Gasteiger charge is 2.20. The van der Waals surface area contributed by atoms with Gasteiger partial charge in [0.1, 0.15) is 0 Å². The van der Waals surface area contributed by atoms with Crippen molar-refractivity contribution in [1.29, 1.82) is 0 Å². The number of Topliss-reactive ketones (excluding diaryl/α,β-unsaturated/α-hetero) is 1. The summed E-state index contributed by atoms with van der Waals surface area (Å²) in [4.78, 5) is 13.2. The molecule has 0 saturated heterocycles. The third kappa shape index (κ3) is 4.53. The second-order valence-electron chi connectivity index (χ2n) is 7.08. The predicted molar refractivity (Wildman–Crippen MR) is 119 cm³/mol. The molecule has 26 heavy (non-hydrogen) atoms. The fraction of sp³-hybridized carbons (Fsp3) is 0.292. The van der Waals surface area contributed by atoms with Crippen LogP contribution < -0.4 is 0 Å². The summed E-state index contributed by atoms with van der Waals surface area (Å²) in [6, 6.07) is 16.9. The van der Waals surface area contributed by atoms with E-state index in [2.05, 4.69) is 91.0 Å². The molecule has 0 heterocycles. The number of carbonyl (C=O) groups excluding carboxylic acids is 1. The van der Waals surface area contributed by atoms with Gasteiger partial charge in [0.05, 0.1) is 3.58 Å². The summed E-state index contributed by atoms with van der Waals surface area (Å²) < 4.78 is 0.823. The summed E-state index contributed by atoms with van der Waals surface area (Å²) in [5, 5.41) is 0. The standard InChI is InChI=1S/C24H25IO/c1-17-9-13-19(14-10-17)22(20-15-11-18(2)12-16-20)23(25)24(26)21-7-5-3-4-6-8-21/h7,9-16H,3-6,8H2,1-2H3. The van der Waals surface area contributed by atoms with Crippen LogP contribution in [0.2, 0.25) is 0 Å². The Morgan fingerprint density at radius 3 is 1.88 bits per heavy atom. The molecule has 0 fully saturated rings. The summed E-state index contributed by atoms with van der Waals surface area (Å²) in [7, 11) is 0. The van der Waals surface area contributed by atoms with Gasteiger partial charge >= 0.3 is 0 Å². The lowest BCUT2D eigenvalue weighted by Gasteiger charge is -2.14. The molecule has 0 saturated carbocycles. The van der Waals surface area contributed by atoms with E-state index in [0.29, 0.717) is 0 Å². The summed E-state index contributed by atoms with van der Waals surface area (Å²) in [5.41, 5.74) is 6.69. The van der Waals surface area contributed by atoms with Gasteiger partial charge in [-0.1, -0.05) is 72.2 Å². The largest absolute Gasteiger partial charge is 0.288 e. The minimum Gasteiger partial charge on any atom is -0.288 e. The smallest absolute Gasteiger partial charge is 0.195 e. The van der Waals surface area contributed by atoms with Crippen LogP contribution in [-0.2, 0) is 4.79 Å². The van der Waals surface area contributed by atoms with Crippen molar-refractivity contribution in [3.05, 3.63) is 86.0 Å². The third-order valence-electron chi connectivity index (χ3n) is 4.93. The van der Waals surface area contributed by atoms with E-state index < -0.39 is 0 Å². The Labute approximate surface area is 170 Å². The van der Waals surface area contributed by atoms with E-state index in [9.17, 15) is 4.79 Å². The number of benzene rings is 2. The molecule has 0 atom stereocenters. The van der Waals surface area contributed by atoms with Crippen LogP contribution in [0.3, 0.4) is 0 Å². The fourth-order valence-electron chi connectivity index (χ4n) is 3.34. The SMILES string of the molecule is Cc1ccc(C(=C(I)C(=O)C2=CCCCCC2)c2ccc(C)cc2)cc1. The second kappa shape index (κ2) is 8.81. The lowest BCUT2D eigenvalue weighted by atomic mass is 9.93. The number of aryl methyl sites for hydroxylation is 2. The lowest BCUT2D eigenvalue weighted by Crippen LogP contribution is -2.05. The monoisotopic (exact) mass is 456 g/mol. The van der Waals surface area contributed by atoms with Crippen molar-refractivity contribution in [2.24, 2.45) is 0 Å². The number of halogens is 1. The molecule has 0 aromatic heterocycles. The van der Waals surface area contributed by atoms with Gasteiger partial charge < -0.3 is 0 Å². The van der Waals surface area contributed by atoms with Crippen LogP contribution in [0.1, 0.15) is 54.4 Å². The fourth-order valence-corrected chi connectivity index (χ4v) is 4.31. The zero-order chi connectivity index (χ0) is 18.5. The van der Waals surface area contributed by atoms with Gasteiger partial charge in [-0.15, -0.1) is 0 Å². The molecule has 0 bridgehead atoms. The Bertz CT molecular complexity index is 791. The third-order valence-corrected chi connectivity index (χ3v) is 5.96. The Kier molecular flexibility index (Phi) is 6.47. The maximum Gasteiger partial charge on any atom is 0.195 e. The first kappa shape index (κ1) is 19.1. The molecule has 0 radical (unpaired) electrons. The van der Waals surface area contributed by atoms with Crippen molar-refractivity contribution in [2.45, 2.75) is 46.0 Å². The average Bonchev–Trinajstić information content (AvgIpc) is 2.94. The molecule has 134 valence electrons. The van der Waals surface area contributed by atoms with E-state index in [-0.39, 0.29) is 5.78 Å². The lowest BCUT2D eigenvalue weighted by molar-refractivity contribution is -0.111. The number of allylic oxidation sites excluding steroid dienone is 3. The maximum atomic E-state index is 13.2. The molecule has 2 aromatic carbocycles. The minimum absolute atomic E-state index is 0.198. The number of hydrogen-bond acceptors (Lipinski definition) is 1. The molecule has 1 aliphatic carbocycles. The number of rotatable bonds is 4. The van der Waals surface area contributed by atoms with Crippen molar-refractivity contribution in [2.75, 3.05) is 0 Å². The zero-order valence-corrected chi connectivity index (χ0v) is 17.7. The van der Waals surface area contributed by atoms with Gasteiger partial charge in [0, 0.05) is 5.57 Å². The summed E-state index contributed by atoms with van der Waals surface area (Å²) >= 11 is 2.26. The maximum absolute atomic E-state index is 13.2. The molecule has 1 aliphatic rings. The van der Waals surface area contributed by atoms with Crippen LogP contribution in [0.5, 0.6) is 0 Å². The highest BCUT2D eigenvalue weighted by molar-refractivity contribution is 14.1. The molecule has 0 spiro atoms. The molecule has 1 nitrogen and oxygen atoms in total. The van der Waals surface area contributed by atoms with E-state index in [1.807, 2.05) is 0 Å². The molecule has 2 heteroatoms. The number of carbonyl (C=O) groups is 1. The van der Waals surface area contributed by atoms with Gasteiger partial charge in [-0.25, -0.2) is 0 Å². The zero-order valence-electron chi connectivity index (χ0n) is 15.5. The van der Waals surface area contributed by atoms with Crippen molar-refractivity contribution in [3.8, 4) is 0 Å². The Hall–Kier alpha value is -1.68. The van der Waals surface area contributed by atoms with Crippen LogP contribution in [0.4, 0.5) is 0 Å². The van der Waals surface area contributed by atoms with Crippen LogP contribution in [0.25, 0.3) is 5.57 Å². The molecule has 3 rings (SSSR count). The molecule has 0 unspecified atom stereocenters. The highest BCUT2D eigenvalue weighted by Crippen LogP contribution is 2.34. The van der Waals surface area contributed by atoms with Gasteiger partial charge in [-0.2, -0.15) is 0 Å². The first-order valence-corrected chi connectivity index (χ1v) is 10.4. The second-order valence-corrected chi connectivity index (χ2v) is 8.16. The van der Waals surface area contributed by atoms with Crippen LogP contribution >= 0.6 is 22.6 Å². The quantitative estimate of drug-likeness (QED) is 0.359. The molecule has 0 amide bonds. The molecular weight excluding hydrogens is 431 g/mol. The summed E-state index contributed by atoms with van der Waals surface area (Å²) in [6.07, 6.45) is 7.62. The van der Waals surface area contributed by atoms with Crippen molar-refractivity contribution >= 4 is 33.9 Å².